The van der Waals surface area contributed by atoms with E-state index >= 15 is 0 Å². The molecule has 3 heteroatoms. The van der Waals surface area contributed by atoms with Crippen LogP contribution in [0.25, 0.3) is 0 Å². The minimum absolute atomic E-state index is 0.0712. The second kappa shape index (κ2) is 8.21. The van der Waals surface area contributed by atoms with Crippen LogP contribution in [0.15, 0.2) is 30.3 Å². The predicted octanol–water partition coefficient (Wildman–Crippen LogP) is 4.75. The number of amides is 2. The van der Waals surface area contributed by atoms with Gasteiger partial charge in [-0.1, -0.05) is 50.6 Å². The highest BCUT2D eigenvalue weighted by atomic mass is 16.2. The summed E-state index contributed by atoms with van der Waals surface area (Å²) in [4.78, 5) is 14.5. The van der Waals surface area contributed by atoms with Gasteiger partial charge in [0.1, 0.15) is 0 Å². The van der Waals surface area contributed by atoms with Crippen molar-refractivity contribution in [2.75, 3.05) is 7.05 Å². The normalized spacial score (nSPS) is 22.9. The van der Waals surface area contributed by atoms with Crippen LogP contribution < -0.4 is 5.32 Å². The standard InChI is InChI=1S/C19H30N2O/c1-4-8-18(16-9-6-5-7-10-16)20-19(22)21(3)17-13-11-15(2)12-14-17/h5-7,9-10,15,17-18H,4,8,11-14H2,1-3H3,(H,20,22). The lowest BCUT2D eigenvalue weighted by atomic mass is 9.87. The zero-order chi connectivity index (χ0) is 15.9. The Morgan fingerprint density at radius 2 is 1.86 bits per heavy atom. The van der Waals surface area contributed by atoms with Crippen molar-refractivity contribution < 1.29 is 4.79 Å². The van der Waals surface area contributed by atoms with Crippen LogP contribution in [0.5, 0.6) is 0 Å². The Morgan fingerprint density at radius 1 is 1.23 bits per heavy atom. The molecule has 1 N–H and O–H groups in total. The third-order valence-electron chi connectivity index (χ3n) is 4.93. The van der Waals surface area contributed by atoms with E-state index in [2.05, 4.69) is 31.3 Å². The van der Waals surface area contributed by atoms with Crippen LogP contribution in [0.2, 0.25) is 0 Å². The van der Waals surface area contributed by atoms with E-state index in [0.29, 0.717) is 6.04 Å². The van der Waals surface area contributed by atoms with Gasteiger partial charge in [0.2, 0.25) is 0 Å². The van der Waals surface area contributed by atoms with Gasteiger partial charge in [-0.2, -0.15) is 0 Å². The first-order valence-electron chi connectivity index (χ1n) is 8.70. The minimum Gasteiger partial charge on any atom is -0.331 e. The van der Waals surface area contributed by atoms with Gasteiger partial charge >= 0.3 is 6.03 Å². The van der Waals surface area contributed by atoms with Gasteiger partial charge in [-0.25, -0.2) is 4.79 Å². The fourth-order valence-corrected chi connectivity index (χ4v) is 3.34. The van der Waals surface area contributed by atoms with E-state index in [1.165, 1.54) is 18.4 Å². The van der Waals surface area contributed by atoms with Crippen molar-refractivity contribution in [2.24, 2.45) is 5.92 Å². The molecule has 0 radical (unpaired) electrons. The largest absolute Gasteiger partial charge is 0.331 e. The summed E-state index contributed by atoms with van der Waals surface area (Å²) >= 11 is 0. The molecule has 0 heterocycles. The first-order chi connectivity index (χ1) is 10.6. The third-order valence-corrected chi connectivity index (χ3v) is 4.93. The molecule has 1 unspecified atom stereocenters. The van der Waals surface area contributed by atoms with Crippen molar-refractivity contribution in [3.8, 4) is 0 Å². The summed E-state index contributed by atoms with van der Waals surface area (Å²) in [5.41, 5.74) is 1.20. The van der Waals surface area contributed by atoms with Crippen LogP contribution >= 0.6 is 0 Å². The molecule has 1 atom stereocenters. The number of benzene rings is 1. The van der Waals surface area contributed by atoms with E-state index in [9.17, 15) is 4.79 Å². The highest BCUT2D eigenvalue weighted by molar-refractivity contribution is 5.74. The molecule has 1 aromatic rings. The van der Waals surface area contributed by atoms with E-state index in [1.807, 2.05) is 30.1 Å². The highest BCUT2D eigenvalue weighted by Gasteiger charge is 2.26. The van der Waals surface area contributed by atoms with Gasteiger partial charge < -0.3 is 10.2 Å². The number of carbonyl (C=O) groups excluding carboxylic acids is 1. The zero-order valence-electron chi connectivity index (χ0n) is 14.2. The van der Waals surface area contributed by atoms with Crippen molar-refractivity contribution in [1.29, 1.82) is 0 Å². The Kier molecular flexibility index (Phi) is 6.29. The molecule has 0 saturated heterocycles. The SMILES string of the molecule is CCCC(NC(=O)N(C)C1CCC(C)CC1)c1ccccc1. The lowest BCUT2D eigenvalue weighted by molar-refractivity contribution is 0.160. The molecule has 2 amide bonds. The maximum atomic E-state index is 12.6. The van der Waals surface area contributed by atoms with E-state index in [-0.39, 0.29) is 12.1 Å². The quantitative estimate of drug-likeness (QED) is 0.836. The van der Waals surface area contributed by atoms with Crippen molar-refractivity contribution in [3.05, 3.63) is 35.9 Å². The monoisotopic (exact) mass is 302 g/mol. The van der Waals surface area contributed by atoms with Gasteiger partial charge in [0.15, 0.2) is 0 Å². The average molecular weight is 302 g/mol. The Bertz CT molecular complexity index is 452. The first-order valence-corrected chi connectivity index (χ1v) is 8.70. The molecule has 2 rings (SSSR count). The fraction of sp³-hybridized carbons (Fsp3) is 0.632. The summed E-state index contributed by atoms with van der Waals surface area (Å²) < 4.78 is 0. The predicted molar refractivity (Wildman–Crippen MR) is 91.8 cm³/mol. The highest BCUT2D eigenvalue weighted by Crippen LogP contribution is 2.27. The molecular weight excluding hydrogens is 272 g/mol. The van der Waals surface area contributed by atoms with E-state index in [0.717, 1.165) is 31.6 Å². The van der Waals surface area contributed by atoms with Crippen LogP contribution in [0.4, 0.5) is 4.79 Å². The summed E-state index contributed by atoms with van der Waals surface area (Å²) in [6.07, 6.45) is 6.78. The molecule has 1 aliphatic carbocycles. The Labute approximate surface area is 135 Å². The van der Waals surface area contributed by atoms with Crippen LogP contribution in [-0.4, -0.2) is 24.0 Å². The Morgan fingerprint density at radius 3 is 2.45 bits per heavy atom. The maximum absolute atomic E-state index is 12.6. The molecule has 0 bridgehead atoms. The molecule has 0 spiro atoms. The second-order valence-corrected chi connectivity index (χ2v) is 6.73. The molecule has 1 aromatic carbocycles. The molecular formula is C19H30N2O. The van der Waals surface area contributed by atoms with Crippen LogP contribution in [0.3, 0.4) is 0 Å². The van der Waals surface area contributed by atoms with Gasteiger partial charge in [-0.3, -0.25) is 0 Å². The number of hydrogen-bond donors (Lipinski definition) is 1. The van der Waals surface area contributed by atoms with Crippen molar-refractivity contribution in [3.63, 3.8) is 0 Å². The van der Waals surface area contributed by atoms with Gasteiger partial charge in [0.05, 0.1) is 6.04 Å². The number of nitrogens with one attached hydrogen (secondary N) is 1. The summed E-state index contributed by atoms with van der Waals surface area (Å²) in [6.45, 7) is 4.47. The maximum Gasteiger partial charge on any atom is 0.317 e. The van der Waals surface area contributed by atoms with E-state index in [1.54, 1.807) is 0 Å². The average Bonchev–Trinajstić information content (AvgIpc) is 2.55. The number of hydrogen-bond acceptors (Lipinski definition) is 1. The molecule has 0 aliphatic heterocycles. The van der Waals surface area contributed by atoms with Gasteiger partial charge in [-0.15, -0.1) is 0 Å². The van der Waals surface area contributed by atoms with E-state index < -0.39 is 0 Å². The molecule has 1 fully saturated rings. The topological polar surface area (TPSA) is 32.3 Å². The molecule has 1 saturated carbocycles. The van der Waals surface area contributed by atoms with Crippen molar-refractivity contribution >= 4 is 6.03 Å². The minimum atomic E-state index is 0.0712. The van der Waals surface area contributed by atoms with Crippen molar-refractivity contribution in [1.82, 2.24) is 10.2 Å². The van der Waals surface area contributed by atoms with Crippen LogP contribution in [0.1, 0.15) is 64.0 Å². The zero-order valence-corrected chi connectivity index (χ0v) is 14.2. The molecule has 1 aliphatic rings. The van der Waals surface area contributed by atoms with Gasteiger partial charge in [0.25, 0.3) is 0 Å². The lowest BCUT2D eigenvalue weighted by Crippen LogP contribution is -2.46. The molecule has 122 valence electrons. The lowest BCUT2D eigenvalue weighted by Gasteiger charge is -2.34. The first kappa shape index (κ1) is 16.9. The smallest absolute Gasteiger partial charge is 0.317 e. The Balaban J connectivity index is 1.95. The Hall–Kier alpha value is -1.51. The molecule has 22 heavy (non-hydrogen) atoms. The summed E-state index contributed by atoms with van der Waals surface area (Å²) in [6, 6.07) is 10.9. The van der Waals surface area contributed by atoms with Crippen LogP contribution in [0, 0.1) is 5.92 Å². The summed E-state index contributed by atoms with van der Waals surface area (Å²) in [7, 11) is 1.95. The fourth-order valence-electron chi connectivity index (χ4n) is 3.34. The summed E-state index contributed by atoms with van der Waals surface area (Å²) in [5, 5.41) is 3.23. The van der Waals surface area contributed by atoms with Crippen LogP contribution in [-0.2, 0) is 0 Å². The number of carbonyl (C=O) groups is 1. The number of urea groups is 1. The van der Waals surface area contributed by atoms with Gasteiger partial charge in [0, 0.05) is 13.1 Å². The molecule has 0 aromatic heterocycles. The molecule has 3 nitrogen and oxygen atoms in total. The second-order valence-electron chi connectivity index (χ2n) is 6.73. The summed E-state index contributed by atoms with van der Waals surface area (Å²) in [5.74, 6) is 0.810. The number of nitrogens with zero attached hydrogens (tertiary/aromatic N) is 1. The van der Waals surface area contributed by atoms with Crippen molar-refractivity contribution in [2.45, 2.75) is 64.5 Å². The third kappa shape index (κ3) is 4.49. The van der Waals surface area contributed by atoms with E-state index in [4.69, 9.17) is 0 Å². The number of rotatable bonds is 5. The van der Waals surface area contributed by atoms with Gasteiger partial charge in [-0.05, 0) is 43.6 Å².